The largest absolute Gasteiger partial charge is 0.494 e. The van der Waals surface area contributed by atoms with Gasteiger partial charge in [-0.3, -0.25) is 4.79 Å². The second kappa shape index (κ2) is 7.79. The zero-order chi connectivity index (χ0) is 17.6. The average Bonchev–Trinajstić information content (AvgIpc) is 2.95. The lowest BCUT2D eigenvalue weighted by molar-refractivity contribution is -0.115. The number of aryl methyl sites for hydroxylation is 2. The topological polar surface area (TPSA) is 50.7 Å². The third kappa shape index (κ3) is 4.57. The molecule has 1 aliphatic heterocycles. The number of amides is 1. The van der Waals surface area contributed by atoms with Crippen molar-refractivity contribution in [3.63, 3.8) is 0 Å². The van der Waals surface area contributed by atoms with E-state index in [1.54, 1.807) is 6.08 Å². The van der Waals surface area contributed by atoms with Crippen LogP contribution >= 0.6 is 0 Å². The number of amidine groups is 1. The van der Waals surface area contributed by atoms with E-state index in [1.165, 1.54) is 11.1 Å². The van der Waals surface area contributed by atoms with Crippen LogP contribution in [0, 0.1) is 6.92 Å². The van der Waals surface area contributed by atoms with Crippen LogP contribution in [0.1, 0.15) is 30.0 Å². The van der Waals surface area contributed by atoms with E-state index < -0.39 is 0 Å². The van der Waals surface area contributed by atoms with Gasteiger partial charge in [0.1, 0.15) is 17.3 Å². The van der Waals surface area contributed by atoms with Crippen molar-refractivity contribution in [1.29, 1.82) is 0 Å². The Bertz CT molecular complexity index is 820. The second-order valence-corrected chi connectivity index (χ2v) is 6.03. The first-order chi connectivity index (χ1) is 12.1. The van der Waals surface area contributed by atoms with Gasteiger partial charge < -0.3 is 10.1 Å². The number of hydrogen-bond donors (Lipinski definition) is 1. The van der Waals surface area contributed by atoms with Crippen molar-refractivity contribution in [3.05, 3.63) is 70.9 Å². The normalized spacial score (nSPS) is 15.2. The Morgan fingerprint density at radius 1 is 1.12 bits per heavy atom. The van der Waals surface area contributed by atoms with E-state index in [0.717, 1.165) is 30.0 Å². The third-order valence-corrected chi connectivity index (χ3v) is 3.97. The van der Waals surface area contributed by atoms with Crippen molar-refractivity contribution in [2.75, 3.05) is 6.61 Å². The lowest BCUT2D eigenvalue weighted by atomic mass is 10.1. The molecule has 0 aromatic heterocycles. The molecule has 1 heterocycles. The van der Waals surface area contributed by atoms with Gasteiger partial charge in [0.25, 0.3) is 5.91 Å². The molecule has 1 aliphatic rings. The maximum atomic E-state index is 12.1. The maximum Gasteiger partial charge on any atom is 0.275 e. The second-order valence-electron chi connectivity index (χ2n) is 6.03. The summed E-state index contributed by atoms with van der Waals surface area (Å²) in [5, 5.41) is 2.86. The Morgan fingerprint density at radius 3 is 2.64 bits per heavy atom. The molecule has 1 N–H and O–H groups in total. The van der Waals surface area contributed by atoms with E-state index in [0.29, 0.717) is 12.3 Å². The summed E-state index contributed by atoms with van der Waals surface area (Å²) in [6.45, 7) is 4.67. The van der Waals surface area contributed by atoms with Crippen molar-refractivity contribution >= 4 is 17.8 Å². The number of carbonyl (C=O) groups is 1. The van der Waals surface area contributed by atoms with E-state index in [9.17, 15) is 4.79 Å². The van der Waals surface area contributed by atoms with Crippen molar-refractivity contribution in [1.82, 2.24) is 5.32 Å². The van der Waals surface area contributed by atoms with E-state index in [4.69, 9.17) is 4.74 Å². The fraction of sp³-hybridized carbons (Fsp3) is 0.238. The van der Waals surface area contributed by atoms with E-state index in [1.807, 2.05) is 31.2 Å². The van der Waals surface area contributed by atoms with Gasteiger partial charge >= 0.3 is 0 Å². The molecule has 4 nitrogen and oxygen atoms in total. The molecule has 0 bridgehead atoms. The number of carbonyl (C=O) groups excluding carboxylic acids is 1. The van der Waals surface area contributed by atoms with Gasteiger partial charge in [-0.15, -0.1) is 0 Å². The predicted molar refractivity (Wildman–Crippen MR) is 101 cm³/mol. The van der Waals surface area contributed by atoms with Gasteiger partial charge in [0.15, 0.2) is 0 Å². The first-order valence-electron chi connectivity index (χ1n) is 8.53. The minimum Gasteiger partial charge on any atom is -0.494 e. The lowest BCUT2D eigenvalue weighted by Crippen LogP contribution is -2.24. The predicted octanol–water partition coefficient (Wildman–Crippen LogP) is 3.90. The summed E-state index contributed by atoms with van der Waals surface area (Å²) in [6, 6.07) is 16.0. The monoisotopic (exact) mass is 334 g/mol. The molecule has 4 heteroatoms. The van der Waals surface area contributed by atoms with Crippen molar-refractivity contribution < 1.29 is 9.53 Å². The van der Waals surface area contributed by atoms with Crippen LogP contribution in [0.15, 0.2) is 59.2 Å². The third-order valence-electron chi connectivity index (χ3n) is 3.97. The molecule has 0 saturated carbocycles. The molecule has 128 valence electrons. The van der Waals surface area contributed by atoms with Gasteiger partial charge in [-0.2, -0.15) is 0 Å². The molecule has 25 heavy (non-hydrogen) atoms. The van der Waals surface area contributed by atoms with Crippen molar-refractivity contribution in [3.8, 4) is 5.75 Å². The highest BCUT2D eigenvalue weighted by atomic mass is 16.5. The molecule has 2 aromatic carbocycles. The number of ether oxygens (including phenoxy) is 1. The Hall–Kier alpha value is -2.88. The number of nitrogens with zero attached hydrogens (tertiary/aromatic N) is 1. The Morgan fingerprint density at radius 2 is 1.92 bits per heavy atom. The molecular weight excluding hydrogens is 312 g/mol. The smallest absolute Gasteiger partial charge is 0.275 e. The molecule has 0 fully saturated rings. The number of aliphatic imine (C=N–C) groups is 1. The van der Waals surface area contributed by atoms with Crippen LogP contribution in [0.2, 0.25) is 0 Å². The Balaban J connectivity index is 1.67. The van der Waals surface area contributed by atoms with E-state index in [2.05, 4.69) is 41.5 Å². The zero-order valence-electron chi connectivity index (χ0n) is 14.6. The summed E-state index contributed by atoms with van der Waals surface area (Å²) in [5.74, 6) is 1.40. The summed E-state index contributed by atoms with van der Waals surface area (Å²) in [7, 11) is 0. The van der Waals surface area contributed by atoms with Gasteiger partial charge in [0, 0.05) is 6.42 Å². The first kappa shape index (κ1) is 17.0. The molecule has 1 amide bonds. The summed E-state index contributed by atoms with van der Waals surface area (Å²) in [4.78, 5) is 16.6. The van der Waals surface area contributed by atoms with E-state index in [-0.39, 0.29) is 5.91 Å². The van der Waals surface area contributed by atoms with Crippen molar-refractivity contribution in [2.24, 2.45) is 4.99 Å². The summed E-state index contributed by atoms with van der Waals surface area (Å²) < 4.78 is 5.42. The summed E-state index contributed by atoms with van der Waals surface area (Å²) in [6.07, 6.45) is 3.37. The van der Waals surface area contributed by atoms with Crippen LogP contribution in [0.25, 0.3) is 6.08 Å². The fourth-order valence-electron chi connectivity index (χ4n) is 2.75. The Labute approximate surface area is 148 Å². The molecule has 0 atom stereocenters. The highest BCUT2D eigenvalue weighted by molar-refractivity contribution is 6.14. The Kier molecular flexibility index (Phi) is 5.29. The maximum absolute atomic E-state index is 12.1. The van der Waals surface area contributed by atoms with Crippen LogP contribution < -0.4 is 10.1 Å². The minimum atomic E-state index is -0.145. The zero-order valence-corrected chi connectivity index (χ0v) is 14.6. The van der Waals surface area contributed by atoms with Gasteiger partial charge in [-0.05, 0) is 49.6 Å². The van der Waals surface area contributed by atoms with Crippen molar-refractivity contribution in [2.45, 2.75) is 26.7 Å². The molecule has 0 aliphatic carbocycles. The van der Waals surface area contributed by atoms with Crippen LogP contribution in [0.4, 0.5) is 0 Å². The lowest BCUT2D eigenvalue weighted by Gasteiger charge is -2.02. The number of rotatable bonds is 6. The first-order valence-corrected chi connectivity index (χ1v) is 8.53. The molecule has 0 saturated heterocycles. The molecule has 0 spiro atoms. The highest BCUT2D eigenvalue weighted by Crippen LogP contribution is 2.17. The summed E-state index contributed by atoms with van der Waals surface area (Å²) >= 11 is 0. The van der Waals surface area contributed by atoms with Gasteiger partial charge in [0.2, 0.25) is 0 Å². The highest BCUT2D eigenvalue weighted by Gasteiger charge is 2.19. The van der Waals surface area contributed by atoms with E-state index >= 15 is 0 Å². The van der Waals surface area contributed by atoms with Crippen LogP contribution in [-0.4, -0.2) is 18.3 Å². The van der Waals surface area contributed by atoms with Crippen LogP contribution in [-0.2, 0) is 11.2 Å². The molecular formula is C21H22N2O2. The van der Waals surface area contributed by atoms with Gasteiger partial charge in [-0.25, -0.2) is 4.99 Å². The quantitative estimate of drug-likeness (QED) is 0.815. The van der Waals surface area contributed by atoms with Crippen LogP contribution in [0.3, 0.4) is 0 Å². The summed E-state index contributed by atoms with van der Waals surface area (Å²) in [5.41, 5.74) is 3.87. The SMILES string of the molecule is CCOc1ccc(/C=C2/N=C(CCc3cccc(C)c3)NC2=O)cc1. The minimum absolute atomic E-state index is 0.145. The van der Waals surface area contributed by atoms with Gasteiger partial charge in [0.05, 0.1) is 6.61 Å². The molecule has 0 radical (unpaired) electrons. The van der Waals surface area contributed by atoms with Crippen LogP contribution in [0.5, 0.6) is 5.75 Å². The molecule has 0 unspecified atom stereocenters. The number of nitrogens with one attached hydrogen (secondary N) is 1. The average molecular weight is 334 g/mol. The molecule has 3 rings (SSSR count). The fourth-order valence-corrected chi connectivity index (χ4v) is 2.75. The number of benzene rings is 2. The standard InChI is InChI=1S/C21H22N2O2/c1-3-25-18-10-7-17(8-11-18)14-19-21(24)23-20(22-19)12-9-16-6-4-5-15(2)13-16/h4-8,10-11,13-14H,3,9,12H2,1-2H3,(H,22,23,24)/b19-14+. The van der Waals surface area contributed by atoms with Gasteiger partial charge in [-0.1, -0.05) is 42.0 Å². The molecule has 2 aromatic rings. The number of hydrogen-bond acceptors (Lipinski definition) is 3.